The Morgan fingerprint density at radius 2 is 1.90 bits per heavy atom. The molecule has 1 aromatic carbocycles. The number of sulfonamides is 1. The molecule has 20 heavy (non-hydrogen) atoms. The molecule has 0 heterocycles. The average molecular weight is 300 g/mol. The van der Waals surface area contributed by atoms with Gasteiger partial charge in [-0.05, 0) is 37.4 Å². The molecule has 0 saturated carbocycles. The standard InChI is InChI=1S/C14H24N2O3S/c1-14(2,9-6-10-17)11-16-12-7-4-5-8-13(12)20(18,19)15-3/h4-5,7-8,15-17H,6,9-11H2,1-3H3. The molecule has 0 aliphatic carbocycles. The van der Waals surface area contributed by atoms with Crippen molar-refractivity contribution in [2.45, 2.75) is 31.6 Å². The molecule has 0 bridgehead atoms. The number of aliphatic hydroxyl groups excluding tert-OH is 1. The Morgan fingerprint density at radius 1 is 1.25 bits per heavy atom. The summed E-state index contributed by atoms with van der Waals surface area (Å²) in [6, 6.07) is 6.84. The van der Waals surface area contributed by atoms with Gasteiger partial charge in [-0.2, -0.15) is 0 Å². The van der Waals surface area contributed by atoms with Crippen LogP contribution >= 0.6 is 0 Å². The first kappa shape index (κ1) is 16.9. The molecule has 0 aliphatic rings. The van der Waals surface area contributed by atoms with Gasteiger partial charge in [-0.3, -0.25) is 0 Å². The third-order valence-corrected chi connectivity index (χ3v) is 4.69. The molecule has 0 amide bonds. The lowest BCUT2D eigenvalue weighted by atomic mass is 9.88. The lowest BCUT2D eigenvalue weighted by Crippen LogP contribution is -2.25. The fourth-order valence-corrected chi connectivity index (χ4v) is 2.84. The number of hydrogen-bond donors (Lipinski definition) is 3. The minimum Gasteiger partial charge on any atom is -0.396 e. The second-order valence-corrected chi connectivity index (χ2v) is 7.40. The van der Waals surface area contributed by atoms with Crippen LogP contribution in [0.3, 0.4) is 0 Å². The number of nitrogens with one attached hydrogen (secondary N) is 2. The van der Waals surface area contributed by atoms with E-state index in [1.165, 1.54) is 7.05 Å². The minimum atomic E-state index is -3.47. The molecule has 1 aromatic rings. The third kappa shape index (κ3) is 4.77. The molecule has 5 nitrogen and oxygen atoms in total. The SMILES string of the molecule is CNS(=O)(=O)c1ccccc1NCC(C)(C)CCCO. The Hall–Kier alpha value is -1.11. The molecular formula is C14H24N2O3S. The van der Waals surface area contributed by atoms with Gasteiger partial charge in [0.05, 0.1) is 5.69 Å². The van der Waals surface area contributed by atoms with Gasteiger partial charge in [-0.25, -0.2) is 13.1 Å². The van der Waals surface area contributed by atoms with Crippen LogP contribution in [-0.2, 0) is 10.0 Å². The van der Waals surface area contributed by atoms with Crippen LogP contribution in [0, 0.1) is 5.41 Å². The molecule has 0 atom stereocenters. The van der Waals surface area contributed by atoms with Crippen LogP contribution in [0.2, 0.25) is 0 Å². The summed E-state index contributed by atoms with van der Waals surface area (Å²) in [5.41, 5.74) is 0.582. The molecule has 0 saturated heterocycles. The molecule has 1 rings (SSSR count). The van der Waals surface area contributed by atoms with Gasteiger partial charge in [0.25, 0.3) is 0 Å². The second-order valence-electron chi connectivity index (χ2n) is 5.55. The zero-order chi connectivity index (χ0) is 15.2. The van der Waals surface area contributed by atoms with E-state index in [1.54, 1.807) is 24.3 Å². The summed E-state index contributed by atoms with van der Waals surface area (Å²) in [5.74, 6) is 0. The van der Waals surface area contributed by atoms with Crippen molar-refractivity contribution in [2.24, 2.45) is 5.41 Å². The van der Waals surface area contributed by atoms with Crippen LogP contribution in [0.5, 0.6) is 0 Å². The highest BCUT2D eigenvalue weighted by atomic mass is 32.2. The van der Waals surface area contributed by atoms with Gasteiger partial charge < -0.3 is 10.4 Å². The number of anilines is 1. The maximum absolute atomic E-state index is 11.9. The van der Waals surface area contributed by atoms with Gasteiger partial charge in [-0.1, -0.05) is 26.0 Å². The zero-order valence-electron chi connectivity index (χ0n) is 12.3. The van der Waals surface area contributed by atoms with E-state index < -0.39 is 10.0 Å². The van der Waals surface area contributed by atoms with Crippen molar-refractivity contribution < 1.29 is 13.5 Å². The van der Waals surface area contributed by atoms with Gasteiger partial charge >= 0.3 is 0 Å². The molecule has 0 aromatic heterocycles. The molecule has 0 unspecified atom stereocenters. The molecule has 114 valence electrons. The highest BCUT2D eigenvalue weighted by molar-refractivity contribution is 7.89. The lowest BCUT2D eigenvalue weighted by Gasteiger charge is -2.26. The fraction of sp³-hybridized carbons (Fsp3) is 0.571. The van der Waals surface area contributed by atoms with Gasteiger partial charge in [0, 0.05) is 13.2 Å². The number of aliphatic hydroxyl groups is 1. The van der Waals surface area contributed by atoms with E-state index in [-0.39, 0.29) is 16.9 Å². The van der Waals surface area contributed by atoms with Crippen molar-refractivity contribution in [2.75, 3.05) is 25.5 Å². The predicted octanol–water partition coefficient (Wildman–Crippen LogP) is 1.81. The maximum atomic E-state index is 11.9. The van der Waals surface area contributed by atoms with Crippen molar-refractivity contribution in [3.05, 3.63) is 24.3 Å². The van der Waals surface area contributed by atoms with Crippen LogP contribution in [0.1, 0.15) is 26.7 Å². The van der Waals surface area contributed by atoms with Gasteiger partial charge in [0.2, 0.25) is 10.0 Å². The maximum Gasteiger partial charge on any atom is 0.242 e. The Bertz CT molecular complexity index is 527. The number of rotatable bonds is 8. The first-order valence-electron chi connectivity index (χ1n) is 6.70. The number of benzene rings is 1. The zero-order valence-corrected chi connectivity index (χ0v) is 13.1. The Labute approximate surface area is 121 Å². The molecule has 0 aliphatic heterocycles. The van der Waals surface area contributed by atoms with Crippen LogP contribution in [0.4, 0.5) is 5.69 Å². The second kappa shape index (κ2) is 7.06. The Balaban J connectivity index is 2.84. The quantitative estimate of drug-likeness (QED) is 0.684. The van der Waals surface area contributed by atoms with E-state index in [0.717, 1.165) is 12.8 Å². The molecular weight excluding hydrogens is 276 g/mol. The van der Waals surface area contributed by atoms with E-state index >= 15 is 0 Å². The normalized spacial score (nSPS) is 12.4. The first-order chi connectivity index (χ1) is 9.32. The van der Waals surface area contributed by atoms with Crippen molar-refractivity contribution >= 4 is 15.7 Å². The summed E-state index contributed by atoms with van der Waals surface area (Å²) in [5, 5.41) is 12.1. The van der Waals surface area contributed by atoms with Crippen LogP contribution in [0.25, 0.3) is 0 Å². The number of para-hydroxylation sites is 1. The van der Waals surface area contributed by atoms with Gasteiger partial charge in [0.15, 0.2) is 0 Å². The molecule has 6 heteroatoms. The largest absolute Gasteiger partial charge is 0.396 e. The van der Waals surface area contributed by atoms with E-state index in [2.05, 4.69) is 23.9 Å². The van der Waals surface area contributed by atoms with E-state index in [9.17, 15) is 8.42 Å². The molecule has 0 radical (unpaired) electrons. The lowest BCUT2D eigenvalue weighted by molar-refractivity contribution is 0.248. The average Bonchev–Trinajstić information content (AvgIpc) is 2.43. The molecule has 0 spiro atoms. The summed E-state index contributed by atoms with van der Waals surface area (Å²) in [6.07, 6.45) is 1.61. The summed E-state index contributed by atoms with van der Waals surface area (Å²) < 4.78 is 26.2. The van der Waals surface area contributed by atoms with Crippen molar-refractivity contribution in [1.29, 1.82) is 0 Å². The van der Waals surface area contributed by atoms with Crippen molar-refractivity contribution in [3.63, 3.8) is 0 Å². The first-order valence-corrected chi connectivity index (χ1v) is 8.18. The van der Waals surface area contributed by atoms with Gasteiger partial charge in [-0.15, -0.1) is 0 Å². The highest BCUT2D eigenvalue weighted by Crippen LogP contribution is 2.25. The predicted molar refractivity (Wildman–Crippen MR) is 81.3 cm³/mol. The van der Waals surface area contributed by atoms with E-state index in [0.29, 0.717) is 12.2 Å². The smallest absolute Gasteiger partial charge is 0.242 e. The fourth-order valence-electron chi connectivity index (χ4n) is 1.94. The minimum absolute atomic E-state index is 0.0146. The Kier molecular flexibility index (Phi) is 5.98. The number of hydrogen-bond acceptors (Lipinski definition) is 4. The Morgan fingerprint density at radius 3 is 2.50 bits per heavy atom. The van der Waals surface area contributed by atoms with Crippen LogP contribution in [0.15, 0.2) is 29.2 Å². The van der Waals surface area contributed by atoms with Crippen molar-refractivity contribution in [3.8, 4) is 0 Å². The van der Waals surface area contributed by atoms with Crippen LogP contribution < -0.4 is 10.0 Å². The van der Waals surface area contributed by atoms with E-state index in [4.69, 9.17) is 5.11 Å². The summed E-state index contributed by atoms with van der Waals surface area (Å²) in [6.45, 7) is 4.99. The van der Waals surface area contributed by atoms with E-state index in [1.807, 2.05) is 0 Å². The topological polar surface area (TPSA) is 78.4 Å². The summed E-state index contributed by atoms with van der Waals surface area (Å²) in [4.78, 5) is 0.250. The van der Waals surface area contributed by atoms with Crippen molar-refractivity contribution in [1.82, 2.24) is 4.72 Å². The monoisotopic (exact) mass is 300 g/mol. The summed E-state index contributed by atoms with van der Waals surface area (Å²) in [7, 11) is -2.07. The highest BCUT2D eigenvalue weighted by Gasteiger charge is 2.20. The van der Waals surface area contributed by atoms with Gasteiger partial charge in [0.1, 0.15) is 4.90 Å². The molecule has 3 N–H and O–H groups in total. The summed E-state index contributed by atoms with van der Waals surface area (Å²) >= 11 is 0. The molecule has 0 fully saturated rings. The van der Waals surface area contributed by atoms with Crippen LogP contribution in [-0.4, -0.2) is 33.7 Å². The third-order valence-electron chi connectivity index (χ3n) is 3.21.